The molecule has 0 N–H and O–H groups in total. The maximum Gasteiger partial charge on any atom is 0.355 e. The molecule has 26 heavy (non-hydrogen) atoms. The normalized spacial score (nSPS) is 19.7. The molecular weight excluding hydrogens is 339 g/mol. The van der Waals surface area contributed by atoms with Crippen molar-refractivity contribution in [2.24, 2.45) is 5.16 Å². The van der Waals surface area contributed by atoms with E-state index in [0.29, 0.717) is 43.6 Å². The summed E-state index contributed by atoms with van der Waals surface area (Å²) >= 11 is 0. The number of hydrogen-bond acceptors (Lipinski definition) is 5. The van der Waals surface area contributed by atoms with Crippen LogP contribution in [0.25, 0.3) is 0 Å². The van der Waals surface area contributed by atoms with Gasteiger partial charge in [-0.3, -0.25) is 4.79 Å². The van der Waals surface area contributed by atoms with Gasteiger partial charge in [0.15, 0.2) is 5.71 Å². The minimum Gasteiger partial charge on any atom is -0.464 e. The number of piperidine rings is 1. The van der Waals surface area contributed by atoms with Gasteiger partial charge in [0.2, 0.25) is 5.91 Å². The number of amides is 1. The van der Waals surface area contributed by atoms with Gasteiger partial charge in [-0.1, -0.05) is 30.3 Å². The summed E-state index contributed by atoms with van der Waals surface area (Å²) in [4.78, 5) is 31.4. The average molecular weight is 362 g/mol. The molecular formula is C19H23FN2O4. The van der Waals surface area contributed by atoms with Gasteiger partial charge >= 0.3 is 5.97 Å². The highest BCUT2D eigenvalue weighted by molar-refractivity contribution is 6.36. The molecule has 2 aliphatic rings. The van der Waals surface area contributed by atoms with Crippen LogP contribution in [0.3, 0.4) is 0 Å². The van der Waals surface area contributed by atoms with Gasteiger partial charge in [0.25, 0.3) is 0 Å². The van der Waals surface area contributed by atoms with E-state index in [-0.39, 0.29) is 24.1 Å². The average Bonchev–Trinajstić information content (AvgIpc) is 3.05. The van der Waals surface area contributed by atoms with Crippen molar-refractivity contribution < 1.29 is 23.6 Å². The highest BCUT2D eigenvalue weighted by Crippen LogP contribution is 2.35. The summed E-state index contributed by atoms with van der Waals surface area (Å²) in [5.74, 6) is -0.935. The van der Waals surface area contributed by atoms with Crippen molar-refractivity contribution in [3.8, 4) is 0 Å². The van der Waals surface area contributed by atoms with Crippen LogP contribution in [0, 0.1) is 5.82 Å². The van der Waals surface area contributed by atoms with Crippen LogP contribution in [-0.2, 0) is 19.2 Å². The molecule has 3 rings (SSSR count). The van der Waals surface area contributed by atoms with Crippen molar-refractivity contribution in [2.75, 3.05) is 20.2 Å². The van der Waals surface area contributed by atoms with E-state index in [9.17, 15) is 14.0 Å². The molecule has 1 amide bonds. The fourth-order valence-electron chi connectivity index (χ4n) is 3.56. The van der Waals surface area contributed by atoms with Crippen LogP contribution in [0.15, 0.2) is 29.4 Å². The largest absolute Gasteiger partial charge is 0.464 e. The molecule has 2 heterocycles. The third kappa shape index (κ3) is 3.71. The van der Waals surface area contributed by atoms with Gasteiger partial charge in [-0.15, -0.1) is 0 Å². The Hall–Kier alpha value is -2.44. The smallest absolute Gasteiger partial charge is 0.355 e. The summed E-state index contributed by atoms with van der Waals surface area (Å²) in [6.45, 7) is 2.93. The summed E-state index contributed by atoms with van der Waals surface area (Å²) in [5.41, 5.74) is 0.335. The van der Waals surface area contributed by atoms with Crippen molar-refractivity contribution in [3.05, 3.63) is 35.6 Å². The molecule has 0 unspecified atom stereocenters. The Bertz CT molecular complexity index is 726. The topological polar surface area (TPSA) is 68.2 Å². The maximum absolute atomic E-state index is 13.9. The second-order valence-corrected chi connectivity index (χ2v) is 6.99. The molecule has 1 fully saturated rings. The number of rotatable bonds is 4. The highest BCUT2D eigenvalue weighted by Gasteiger charge is 2.44. The van der Waals surface area contributed by atoms with Gasteiger partial charge < -0.3 is 14.5 Å². The van der Waals surface area contributed by atoms with Crippen LogP contribution in [0.5, 0.6) is 0 Å². The summed E-state index contributed by atoms with van der Waals surface area (Å²) in [6.07, 6.45) is 1.89. The van der Waals surface area contributed by atoms with Crippen LogP contribution in [-0.4, -0.2) is 48.3 Å². The number of oxime groups is 1. The van der Waals surface area contributed by atoms with Crippen molar-refractivity contribution in [1.29, 1.82) is 0 Å². The van der Waals surface area contributed by atoms with E-state index in [1.54, 1.807) is 23.1 Å². The zero-order valence-electron chi connectivity index (χ0n) is 15.0. The SMILES string of the molecule is COC(=O)C1=NOC2(CCN(C(=O)C[C@@H](C)c3ccccc3F)CC2)C1. The fraction of sp³-hybridized carbons (Fsp3) is 0.526. The van der Waals surface area contributed by atoms with Gasteiger partial charge in [-0.2, -0.15) is 0 Å². The van der Waals surface area contributed by atoms with Crippen molar-refractivity contribution in [3.63, 3.8) is 0 Å². The van der Waals surface area contributed by atoms with Gasteiger partial charge in [-0.25, -0.2) is 9.18 Å². The van der Waals surface area contributed by atoms with E-state index in [4.69, 9.17) is 4.84 Å². The molecule has 0 radical (unpaired) electrons. The summed E-state index contributed by atoms with van der Waals surface area (Å²) in [7, 11) is 1.31. The van der Waals surface area contributed by atoms with Crippen molar-refractivity contribution in [2.45, 2.75) is 44.1 Å². The number of hydrogen-bond donors (Lipinski definition) is 0. The minimum absolute atomic E-state index is 0.00251. The first-order valence-electron chi connectivity index (χ1n) is 8.80. The summed E-state index contributed by atoms with van der Waals surface area (Å²) in [6, 6.07) is 6.55. The van der Waals surface area contributed by atoms with E-state index in [0.717, 1.165) is 0 Å². The Morgan fingerprint density at radius 1 is 1.35 bits per heavy atom. The molecule has 1 aromatic carbocycles. The molecule has 1 atom stereocenters. The number of carbonyl (C=O) groups excluding carboxylic acids is 2. The monoisotopic (exact) mass is 362 g/mol. The lowest BCUT2D eigenvalue weighted by Gasteiger charge is -2.37. The number of methoxy groups -OCH3 is 1. The molecule has 1 spiro atoms. The van der Waals surface area contributed by atoms with Crippen LogP contribution in [0.2, 0.25) is 0 Å². The third-order valence-electron chi connectivity index (χ3n) is 5.20. The van der Waals surface area contributed by atoms with Crippen LogP contribution in [0.1, 0.15) is 44.1 Å². The third-order valence-corrected chi connectivity index (χ3v) is 5.20. The zero-order chi connectivity index (χ0) is 18.7. The molecule has 140 valence electrons. The van der Waals surface area contributed by atoms with Crippen molar-refractivity contribution >= 4 is 17.6 Å². The second kappa shape index (κ2) is 7.43. The molecule has 0 saturated carbocycles. The first-order chi connectivity index (χ1) is 12.4. The van der Waals surface area contributed by atoms with Gasteiger partial charge in [0.05, 0.1) is 7.11 Å². The Balaban J connectivity index is 1.53. The maximum atomic E-state index is 13.9. The van der Waals surface area contributed by atoms with E-state index in [1.165, 1.54) is 13.2 Å². The molecule has 7 heteroatoms. The number of halogens is 1. The molecule has 0 aromatic heterocycles. The number of benzene rings is 1. The highest BCUT2D eigenvalue weighted by atomic mass is 19.1. The Kier molecular flexibility index (Phi) is 5.25. The standard InChI is InChI=1S/C19H23FN2O4/c1-13(14-5-3-4-6-15(14)20)11-17(23)22-9-7-19(8-10-22)12-16(21-26-19)18(24)25-2/h3-6,13H,7-12H2,1-2H3/t13-/m1/s1. The number of nitrogens with zero attached hydrogens (tertiary/aromatic N) is 2. The number of likely N-dealkylation sites (tertiary alicyclic amines) is 1. The summed E-state index contributed by atoms with van der Waals surface area (Å²) < 4.78 is 18.6. The van der Waals surface area contributed by atoms with Crippen LogP contribution in [0.4, 0.5) is 4.39 Å². The van der Waals surface area contributed by atoms with E-state index < -0.39 is 11.6 Å². The zero-order valence-corrected chi connectivity index (χ0v) is 15.0. The first kappa shape index (κ1) is 18.4. The molecule has 1 saturated heterocycles. The second-order valence-electron chi connectivity index (χ2n) is 6.99. The quantitative estimate of drug-likeness (QED) is 0.772. The fourth-order valence-corrected chi connectivity index (χ4v) is 3.56. The van der Waals surface area contributed by atoms with E-state index in [1.807, 2.05) is 6.92 Å². The van der Waals surface area contributed by atoms with Crippen molar-refractivity contribution in [1.82, 2.24) is 4.90 Å². The molecule has 6 nitrogen and oxygen atoms in total. The van der Waals surface area contributed by atoms with E-state index >= 15 is 0 Å². The minimum atomic E-state index is -0.516. The van der Waals surface area contributed by atoms with Crippen LogP contribution >= 0.6 is 0 Å². The number of ether oxygens (including phenoxy) is 1. The molecule has 2 aliphatic heterocycles. The lowest BCUT2D eigenvalue weighted by atomic mass is 9.86. The Labute approximate surface area is 151 Å². The number of carbonyl (C=O) groups is 2. The molecule has 0 bridgehead atoms. The predicted octanol–water partition coefficient (Wildman–Crippen LogP) is 2.63. The number of esters is 1. The van der Waals surface area contributed by atoms with Gasteiger partial charge in [0.1, 0.15) is 11.4 Å². The lowest BCUT2D eigenvalue weighted by Crippen LogP contribution is -2.47. The molecule has 1 aromatic rings. The Morgan fingerprint density at radius 3 is 2.69 bits per heavy atom. The van der Waals surface area contributed by atoms with E-state index in [2.05, 4.69) is 9.89 Å². The Morgan fingerprint density at radius 2 is 2.04 bits per heavy atom. The van der Waals surface area contributed by atoms with Gasteiger partial charge in [0, 0.05) is 38.8 Å². The van der Waals surface area contributed by atoms with Gasteiger partial charge in [-0.05, 0) is 17.5 Å². The lowest BCUT2D eigenvalue weighted by molar-refractivity contribution is -0.137. The summed E-state index contributed by atoms with van der Waals surface area (Å²) in [5, 5.41) is 3.85. The first-order valence-corrected chi connectivity index (χ1v) is 8.80. The predicted molar refractivity (Wildman–Crippen MR) is 93.1 cm³/mol. The van der Waals surface area contributed by atoms with Crippen LogP contribution < -0.4 is 0 Å². The molecule has 0 aliphatic carbocycles.